The smallest absolute Gasteiger partial charge is 0.256 e. The first-order chi connectivity index (χ1) is 13.9. The maximum Gasteiger partial charge on any atom is 0.256 e. The molecule has 1 spiro atoms. The Hall–Kier alpha value is -2.33. The monoisotopic (exact) mass is 419 g/mol. The summed E-state index contributed by atoms with van der Waals surface area (Å²) in [6, 6.07) is 2.47. The summed E-state index contributed by atoms with van der Waals surface area (Å²) in [5.41, 5.74) is -0.288. The number of nitrogens with zero attached hydrogens (tertiary/aromatic N) is 2. The van der Waals surface area contributed by atoms with E-state index in [-0.39, 0.29) is 30.2 Å². The Bertz CT molecular complexity index is 837. The molecule has 4 unspecified atom stereocenters. The maximum absolute atomic E-state index is 12.8. The molecule has 9 nitrogen and oxygen atoms in total. The third kappa shape index (κ3) is 3.91. The van der Waals surface area contributed by atoms with E-state index >= 15 is 0 Å². The van der Waals surface area contributed by atoms with Crippen molar-refractivity contribution in [3.63, 3.8) is 0 Å². The molecule has 1 aromatic heterocycles. The number of hydrogen-bond donors (Lipinski definition) is 4. The number of hydrogen-bond acceptors (Lipinski definition) is 7. The van der Waals surface area contributed by atoms with E-state index in [1.165, 1.54) is 0 Å². The van der Waals surface area contributed by atoms with Gasteiger partial charge >= 0.3 is 0 Å². The van der Waals surface area contributed by atoms with E-state index in [2.05, 4.69) is 20.9 Å². The second kappa shape index (κ2) is 7.83. The molecule has 3 aliphatic heterocycles. The highest BCUT2D eigenvalue weighted by Crippen LogP contribution is 2.31. The van der Waals surface area contributed by atoms with Gasteiger partial charge in [-0.3, -0.25) is 14.4 Å². The van der Waals surface area contributed by atoms with Gasteiger partial charge in [0, 0.05) is 37.1 Å². The number of anilines is 1. The summed E-state index contributed by atoms with van der Waals surface area (Å²) in [4.78, 5) is 43.7. The van der Waals surface area contributed by atoms with Crippen LogP contribution < -0.4 is 16.0 Å². The van der Waals surface area contributed by atoms with Gasteiger partial charge in [-0.2, -0.15) is 11.8 Å². The lowest BCUT2D eigenvalue weighted by Crippen LogP contribution is -2.58. The van der Waals surface area contributed by atoms with Crippen molar-refractivity contribution in [3.8, 4) is 0 Å². The number of rotatable bonds is 3. The number of nitrogens with one attached hydrogen (secondary N) is 3. The Kier molecular flexibility index (Phi) is 5.39. The largest absolute Gasteiger partial charge is 0.390 e. The van der Waals surface area contributed by atoms with Crippen molar-refractivity contribution in [2.45, 2.75) is 50.0 Å². The summed E-state index contributed by atoms with van der Waals surface area (Å²) < 4.78 is 0. The van der Waals surface area contributed by atoms with Crippen LogP contribution in [0.1, 0.15) is 36.5 Å². The third-order valence-corrected chi connectivity index (χ3v) is 7.03. The number of aliphatic hydroxyl groups is 1. The summed E-state index contributed by atoms with van der Waals surface area (Å²) in [5.74, 6) is 1.16. The van der Waals surface area contributed by atoms with Crippen LogP contribution in [0.15, 0.2) is 18.3 Å². The molecule has 10 heteroatoms. The van der Waals surface area contributed by atoms with Crippen molar-refractivity contribution < 1.29 is 19.5 Å². The van der Waals surface area contributed by atoms with E-state index in [0.29, 0.717) is 42.3 Å². The highest BCUT2D eigenvalue weighted by Gasteiger charge is 2.42. The highest BCUT2D eigenvalue weighted by molar-refractivity contribution is 7.99. The summed E-state index contributed by atoms with van der Waals surface area (Å²) >= 11 is 1.59. The van der Waals surface area contributed by atoms with Crippen LogP contribution in [-0.4, -0.2) is 74.6 Å². The van der Waals surface area contributed by atoms with Gasteiger partial charge < -0.3 is 26.0 Å². The van der Waals surface area contributed by atoms with Crippen molar-refractivity contribution in [2.75, 3.05) is 23.4 Å². The summed E-state index contributed by atoms with van der Waals surface area (Å²) in [6.45, 7) is 2.02. The van der Waals surface area contributed by atoms with Gasteiger partial charge in [-0.05, 0) is 25.5 Å². The maximum atomic E-state index is 12.8. The minimum Gasteiger partial charge on any atom is -0.390 e. The van der Waals surface area contributed by atoms with Gasteiger partial charge in [0.1, 0.15) is 17.5 Å². The summed E-state index contributed by atoms with van der Waals surface area (Å²) in [6.07, 6.45) is 2.13. The molecule has 29 heavy (non-hydrogen) atoms. The van der Waals surface area contributed by atoms with Crippen molar-refractivity contribution in [1.82, 2.24) is 20.5 Å². The topological polar surface area (TPSA) is 124 Å². The molecule has 3 aliphatic rings. The highest BCUT2D eigenvalue weighted by atomic mass is 32.2. The number of thioether (sulfide) groups is 1. The average molecular weight is 420 g/mol. The predicted octanol–water partition coefficient (Wildman–Crippen LogP) is -0.0733. The zero-order chi connectivity index (χ0) is 20.6. The van der Waals surface area contributed by atoms with Gasteiger partial charge in [0.05, 0.1) is 17.7 Å². The van der Waals surface area contributed by atoms with Crippen LogP contribution in [0.3, 0.4) is 0 Å². The number of amides is 3. The molecule has 4 atom stereocenters. The zero-order valence-electron chi connectivity index (χ0n) is 16.2. The van der Waals surface area contributed by atoms with Crippen LogP contribution in [0, 0.1) is 0 Å². The third-order valence-electron chi connectivity index (χ3n) is 5.85. The average Bonchev–Trinajstić information content (AvgIpc) is 3.03. The Morgan fingerprint density at radius 3 is 2.97 bits per heavy atom. The summed E-state index contributed by atoms with van der Waals surface area (Å²) in [5, 5.41) is 19.1. The van der Waals surface area contributed by atoms with Crippen LogP contribution in [-0.2, 0) is 9.59 Å². The van der Waals surface area contributed by atoms with E-state index in [1.807, 2.05) is 0 Å². The Morgan fingerprint density at radius 2 is 2.21 bits per heavy atom. The molecule has 4 rings (SSSR count). The van der Waals surface area contributed by atoms with E-state index in [1.54, 1.807) is 41.9 Å². The number of likely N-dealkylation sites (tertiary alicyclic amines) is 1. The van der Waals surface area contributed by atoms with Crippen molar-refractivity contribution in [3.05, 3.63) is 23.9 Å². The van der Waals surface area contributed by atoms with Crippen LogP contribution >= 0.6 is 11.8 Å². The minimum absolute atomic E-state index is 0.131. The Morgan fingerprint density at radius 1 is 1.38 bits per heavy atom. The van der Waals surface area contributed by atoms with Crippen LogP contribution in [0.5, 0.6) is 0 Å². The summed E-state index contributed by atoms with van der Waals surface area (Å²) in [7, 11) is 0. The van der Waals surface area contributed by atoms with Gasteiger partial charge in [-0.25, -0.2) is 4.98 Å². The molecule has 4 heterocycles. The number of aliphatic hydroxyl groups excluding tert-OH is 1. The van der Waals surface area contributed by atoms with E-state index in [9.17, 15) is 19.5 Å². The van der Waals surface area contributed by atoms with Crippen molar-refractivity contribution >= 4 is 35.3 Å². The second-order valence-electron chi connectivity index (χ2n) is 7.79. The quantitative estimate of drug-likeness (QED) is 0.541. The molecule has 0 aromatic carbocycles. The number of aromatic nitrogens is 1. The molecular formula is C19H25N5O4S. The molecule has 3 amide bonds. The van der Waals surface area contributed by atoms with Gasteiger partial charge in [-0.1, -0.05) is 0 Å². The van der Waals surface area contributed by atoms with Gasteiger partial charge in [0.15, 0.2) is 0 Å². The van der Waals surface area contributed by atoms with Gasteiger partial charge in [0.25, 0.3) is 5.91 Å². The van der Waals surface area contributed by atoms with Crippen molar-refractivity contribution in [2.24, 2.45) is 0 Å². The van der Waals surface area contributed by atoms with Crippen LogP contribution in [0.2, 0.25) is 0 Å². The lowest BCUT2D eigenvalue weighted by atomic mass is 9.97. The van der Waals surface area contributed by atoms with E-state index in [4.69, 9.17) is 0 Å². The normalized spacial score (nSPS) is 30.2. The first kappa shape index (κ1) is 20.0. The van der Waals surface area contributed by atoms with Crippen LogP contribution in [0.4, 0.5) is 5.82 Å². The number of carbonyl (C=O) groups excluding carboxylic acids is 3. The minimum atomic E-state index is -0.767. The molecule has 0 bridgehead atoms. The van der Waals surface area contributed by atoms with E-state index < -0.39 is 17.8 Å². The molecule has 2 fully saturated rings. The van der Waals surface area contributed by atoms with Crippen molar-refractivity contribution in [1.29, 1.82) is 0 Å². The van der Waals surface area contributed by atoms with E-state index in [0.717, 1.165) is 0 Å². The molecule has 0 radical (unpaired) electrons. The molecule has 1 aromatic rings. The Balaban J connectivity index is 1.45. The second-order valence-corrected chi connectivity index (χ2v) is 8.87. The number of pyridine rings is 1. The van der Waals surface area contributed by atoms with Gasteiger partial charge in [-0.15, -0.1) is 0 Å². The molecule has 0 aliphatic carbocycles. The standard InChI is InChI=1S/C19H25N5O4S/c1-11(17(27)21-13-9-29-10-14(13)25)24-8-6-19(5-4-15(24)26)22-16-12(18(28)23-19)3-2-7-20-16/h2-3,7,11,13-14,25H,4-6,8-10H2,1H3,(H,20,22)(H,21,27)(H,23,28). The lowest BCUT2D eigenvalue weighted by molar-refractivity contribution is -0.139. The fraction of sp³-hybridized carbons (Fsp3) is 0.579. The SMILES string of the molecule is CC(C(=O)NC1CSCC1O)N1CCC2(CCC1=O)NC(=O)c1cccnc1N2. The molecule has 2 saturated heterocycles. The molecule has 156 valence electrons. The molecule has 0 saturated carbocycles. The fourth-order valence-electron chi connectivity index (χ4n) is 4.04. The fourth-order valence-corrected chi connectivity index (χ4v) is 5.21. The first-order valence-corrected chi connectivity index (χ1v) is 11.0. The number of carbonyl (C=O) groups is 3. The zero-order valence-corrected chi connectivity index (χ0v) is 17.0. The first-order valence-electron chi connectivity index (χ1n) is 9.80. The van der Waals surface area contributed by atoms with Crippen LogP contribution in [0.25, 0.3) is 0 Å². The lowest BCUT2D eigenvalue weighted by Gasteiger charge is -2.39. The van der Waals surface area contributed by atoms with Gasteiger partial charge in [0.2, 0.25) is 11.8 Å². The molecule has 4 N–H and O–H groups in total. The predicted molar refractivity (Wildman–Crippen MR) is 108 cm³/mol. The molecular weight excluding hydrogens is 394 g/mol. The number of fused-ring (bicyclic) bond motifs is 1. The Labute approximate surface area is 173 Å².